The number of benzene rings is 1. The number of carboxylic acids is 1. The summed E-state index contributed by atoms with van der Waals surface area (Å²) in [6, 6.07) is 5.95. The molecular weight excluding hydrogens is 249 g/mol. The van der Waals surface area contributed by atoms with Gasteiger partial charge in [-0.1, -0.05) is 18.6 Å². The molecule has 19 heavy (non-hydrogen) atoms. The zero-order valence-electron chi connectivity index (χ0n) is 10.5. The van der Waals surface area contributed by atoms with E-state index < -0.39 is 11.4 Å². The summed E-state index contributed by atoms with van der Waals surface area (Å²) in [4.78, 5) is 22.6. The van der Waals surface area contributed by atoms with Crippen LogP contribution in [0.3, 0.4) is 0 Å². The quantitative estimate of drug-likeness (QED) is 0.853. The average Bonchev–Trinajstić information content (AvgIpc) is 2.29. The van der Waals surface area contributed by atoms with Crippen molar-refractivity contribution in [1.82, 2.24) is 5.32 Å². The molecule has 4 nitrogen and oxygen atoms in total. The van der Waals surface area contributed by atoms with Crippen molar-refractivity contribution in [3.63, 3.8) is 0 Å². The van der Waals surface area contributed by atoms with Crippen molar-refractivity contribution in [2.24, 2.45) is 0 Å². The molecule has 1 aromatic rings. The first-order valence-corrected chi connectivity index (χ1v) is 6.31. The summed E-state index contributed by atoms with van der Waals surface area (Å²) in [5.74, 6) is -1.43. The first kappa shape index (κ1) is 13.5. The highest BCUT2D eigenvalue weighted by Crippen LogP contribution is 2.43. The molecule has 1 aliphatic rings. The van der Waals surface area contributed by atoms with Crippen molar-refractivity contribution in [2.45, 2.75) is 31.1 Å². The second kappa shape index (κ2) is 5.38. The maximum absolute atomic E-state index is 12.9. The van der Waals surface area contributed by atoms with Crippen molar-refractivity contribution in [3.05, 3.63) is 35.6 Å². The fourth-order valence-electron chi connectivity index (χ4n) is 2.40. The van der Waals surface area contributed by atoms with Gasteiger partial charge in [0.1, 0.15) is 5.82 Å². The van der Waals surface area contributed by atoms with Crippen molar-refractivity contribution in [3.8, 4) is 0 Å². The number of halogens is 1. The SMILES string of the molecule is O=C(O)CCNC(=O)C1(c2ccc(F)cc2)CCC1. The van der Waals surface area contributed by atoms with Crippen LogP contribution in [0.4, 0.5) is 4.39 Å². The molecule has 0 aliphatic heterocycles. The maximum atomic E-state index is 12.9. The molecule has 0 heterocycles. The largest absolute Gasteiger partial charge is 0.481 e. The minimum atomic E-state index is -0.940. The van der Waals surface area contributed by atoms with Crippen molar-refractivity contribution in [2.75, 3.05) is 6.54 Å². The lowest BCUT2D eigenvalue weighted by Crippen LogP contribution is -2.49. The third-order valence-electron chi connectivity index (χ3n) is 3.66. The topological polar surface area (TPSA) is 66.4 Å². The molecular formula is C14H16FNO3. The molecule has 0 saturated heterocycles. The summed E-state index contributed by atoms with van der Waals surface area (Å²) >= 11 is 0. The van der Waals surface area contributed by atoms with Crippen molar-refractivity contribution >= 4 is 11.9 Å². The van der Waals surface area contributed by atoms with Crippen molar-refractivity contribution in [1.29, 1.82) is 0 Å². The number of carbonyl (C=O) groups is 2. The number of aliphatic carboxylic acids is 1. The van der Waals surface area contributed by atoms with E-state index in [9.17, 15) is 14.0 Å². The number of rotatable bonds is 5. The van der Waals surface area contributed by atoms with Gasteiger partial charge in [-0.05, 0) is 30.5 Å². The molecule has 2 N–H and O–H groups in total. The molecule has 1 aromatic carbocycles. The summed E-state index contributed by atoms with van der Waals surface area (Å²) < 4.78 is 12.9. The van der Waals surface area contributed by atoms with Gasteiger partial charge in [0, 0.05) is 6.54 Å². The van der Waals surface area contributed by atoms with Crippen LogP contribution in [0.1, 0.15) is 31.2 Å². The van der Waals surface area contributed by atoms with Gasteiger partial charge >= 0.3 is 5.97 Å². The van der Waals surface area contributed by atoms with Crippen LogP contribution in [-0.4, -0.2) is 23.5 Å². The normalized spacial score (nSPS) is 16.5. The number of carboxylic acid groups (broad SMARTS) is 1. The van der Waals surface area contributed by atoms with Crippen LogP contribution in [0, 0.1) is 5.82 Å². The van der Waals surface area contributed by atoms with E-state index in [0.29, 0.717) is 0 Å². The Bertz CT molecular complexity index is 480. The van der Waals surface area contributed by atoms with Crippen molar-refractivity contribution < 1.29 is 19.1 Å². The Morgan fingerprint density at radius 2 is 1.89 bits per heavy atom. The van der Waals surface area contributed by atoms with Gasteiger partial charge < -0.3 is 10.4 Å². The zero-order valence-corrected chi connectivity index (χ0v) is 10.5. The molecule has 102 valence electrons. The Kier molecular flexibility index (Phi) is 3.83. The van der Waals surface area contributed by atoms with Gasteiger partial charge in [-0.15, -0.1) is 0 Å². The molecule has 0 atom stereocenters. The summed E-state index contributed by atoms with van der Waals surface area (Å²) in [5, 5.41) is 11.2. The number of carbonyl (C=O) groups excluding carboxylic acids is 1. The van der Waals surface area contributed by atoms with Crippen LogP contribution < -0.4 is 5.32 Å². The Morgan fingerprint density at radius 1 is 1.26 bits per heavy atom. The van der Waals surface area contributed by atoms with Gasteiger partial charge in [-0.3, -0.25) is 9.59 Å². The minimum Gasteiger partial charge on any atom is -0.481 e. The summed E-state index contributed by atoms with van der Waals surface area (Å²) in [7, 11) is 0. The molecule has 1 aliphatic carbocycles. The van der Waals surface area contributed by atoms with Crippen LogP contribution in [0.15, 0.2) is 24.3 Å². The van der Waals surface area contributed by atoms with E-state index in [-0.39, 0.29) is 24.7 Å². The smallest absolute Gasteiger partial charge is 0.305 e. The molecule has 0 spiro atoms. The second-order valence-corrected chi connectivity index (χ2v) is 4.84. The Hall–Kier alpha value is -1.91. The van der Waals surface area contributed by atoms with Gasteiger partial charge in [-0.2, -0.15) is 0 Å². The Labute approximate surface area is 110 Å². The van der Waals surface area contributed by atoms with E-state index >= 15 is 0 Å². The first-order chi connectivity index (χ1) is 9.04. The molecule has 5 heteroatoms. The molecule has 0 bridgehead atoms. The number of hydrogen-bond donors (Lipinski definition) is 2. The zero-order chi connectivity index (χ0) is 13.9. The first-order valence-electron chi connectivity index (χ1n) is 6.31. The van der Waals surface area contributed by atoms with Gasteiger partial charge in [0.25, 0.3) is 0 Å². The third-order valence-corrected chi connectivity index (χ3v) is 3.66. The lowest BCUT2D eigenvalue weighted by molar-refractivity contribution is -0.137. The minimum absolute atomic E-state index is 0.0920. The van der Waals surface area contributed by atoms with Crippen LogP contribution in [-0.2, 0) is 15.0 Å². The standard InChI is InChI=1S/C14H16FNO3/c15-11-4-2-10(3-5-11)14(7-1-8-14)13(19)16-9-6-12(17)18/h2-5H,1,6-9H2,(H,16,19)(H,17,18). The van der Waals surface area contributed by atoms with E-state index in [4.69, 9.17) is 5.11 Å². The highest BCUT2D eigenvalue weighted by atomic mass is 19.1. The Morgan fingerprint density at radius 3 is 2.37 bits per heavy atom. The molecule has 1 amide bonds. The number of nitrogens with one attached hydrogen (secondary N) is 1. The molecule has 0 unspecified atom stereocenters. The van der Waals surface area contributed by atoms with Gasteiger partial charge in [0.15, 0.2) is 0 Å². The maximum Gasteiger partial charge on any atom is 0.305 e. The fraction of sp³-hybridized carbons (Fsp3) is 0.429. The molecule has 1 saturated carbocycles. The van der Waals surface area contributed by atoms with E-state index in [1.54, 1.807) is 12.1 Å². The van der Waals surface area contributed by atoms with Crippen LogP contribution in [0.5, 0.6) is 0 Å². The fourth-order valence-corrected chi connectivity index (χ4v) is 2.40. The molecule has 1 fully saturated rings. The number of hydrogen-bond acceptors (Lipinski definition) is 2. The lowest BCUT2D eigenvalue weighted by Gasteiger charge is -2.40. The predicted octanol–water partition coefficient (Wildman–Crippen LogP) is 1.84. The van der Waals surface area contributed by atoms with Gasteiger partial charge in [0.05, 0.1) is 11.8 Å². The second-order valence-electron chi connectivity index (χ2n) is 4.84. The highest BCUT2D eigenvalue weighted by molar-refractivity contribution is 5.89. The monoisotopic (exact) mass is 265 g/mol. The summed E-state index contributed by atoms with van der Waals surface area (Å²) in [5.41, 5.74) is 0.194. The Balaban J connectivity index is 2.07. The van der Waals surface area contributed by atoms with E-state index in [2.05, 4.69) is 5.32 Å². The van der Waals surface area contributed by atoms with Crippen LogP contribution in [0.2, 0.25) is 0 Å². The highest BCUT2D eigenvalue weighted by Gasteiger charge is 2.45. The van der Waals surface area contributed by atoms with Crippen LogP contribution in [0.25, 0.3) is 0 Å². The van der Waals surface area contributed by atoms with E-state index in [1.165, 1.54) is 12.1 Å². The summed E-state index contributed by atoms with van der Waals surface area (Å²) in [6.07, 6.45) is 2.30. The van der Waals surface area contributed by atoms with E-state index in [1.807, 2.05) is 0 Å². The summed E-state index contributed by atoms with van der Waals surface area (Å²) in [6.45, 7) is 0.122. The predicted molar refractivity (Wildman–Crippen MR) is 67.2 cm³/mol. The van der Waals surface area contributed by atoms with Gasteiger partial charge in [-0.25, -0.2) is 4.39 Å². The third kappa shape index (κ3) is 2.75. The lowest BCUT2D eigenvalue weighted by atomic mass is 9.64. The average molecular weight is 265 g/mol. The molecule has 2 rings (SSSR count). The number of amides is 1. The molecule has 0 aromatic heterocycles. The van der Waals surface area contributed by atoms with Crippen LogP contribution >= 0.6 is 0 Å². The van der Waals surface area contributed by atoms with E-state index in [0.717, 1.165) is 24.8 Å². The molecule has 0 radical (unpaired) electrons. The van der Waals surface area contributed by atoms with Gasteiger partial charge in [0.2, 0.25) is 5.91 Å².